The van der Waals surface area contributed by atoms with E-state index in [1.54, 1.807) is 20.8 Å². The van der Waals surface area contributed by atoms with E-state index in [1.807, 2.05) is 5.32 Å². The second kappa shape index (κ2) is 8.98. The fraction of sp³-hybridized carbons (Fsp3) is 0.500. The number of carboxylic acids is 1. The molecule has 0 fully saturated rings. The molecule has 1 atom stereocenters. The molecule has 152 valence electrons. The van der Waals surface area contributed by atoms with Gasteiger partial charge in [-0.05, 0) is 26.8 Å². The second-order valence-electron chi connectivity index (χ2n) is 6.58. The third kappa shape index (κ3) is 8.67. The Labute approximate surface area is 155 Å². The average molecular weight is 409 g/mol. The number of nitrogens with one attached hydrogen (secondary N) is 1. The summed E-state index contributed by atoms with van der Waals surface area (Å²) in [4.78, 5) is 23.0. The lowest BCUT2D eigenvalue weighted by Crippen LogP contribution is -2.47. The van der Waals surface area contributed by atoms with Gasteiger partial charge in [-0.1, -0.05) is 18.2 Å². The molecule has 1 amide bonds. The first kappa shape index (κ1) is 22.6. The van der Waals surface area contributed by atoms with E-state index >= 15 is 0 Å². The zero-order chi connectivity index (χ0) is 20.8. The van der Waals surface area contributed by atoms with Crippen LogP contribution in [0.2, 0.25) is 0 Å². The normalized spacial score (nSPS) is 13.1. The fourth-order valence-corrected chi connectivity index (χ4v) is 3.57. The second-order valence-corrected chi connectivity index (χ2v) is 8.69. The maximum atomic E-state index is 12.4. The molecule has 27 heavy (non-hydrogen) atoms. The molecule has 0 radical (unpaired) electrons. The third-order valence-corrected chi connectivity index (χ3v) is 4.57. The molecule has 0 aliphatic carbocycles. The number of hydrogen-bond acceptors (Lipinski definition) is 6. The topological polar surface area (TPSA) is 119 Å². The number of sulfone groups is 1. The number of alkyl halides is 2. The van der Waals surface area contributed by atoms with Crippen LogP contribution in [0.3, 0.4) is 0 Å². The standard InChI is InChI=1S/C16H21F2NO7S/c1-16(2,3)26-15(22)19-11(13(20)21)9-27(23,24)8-10-6-4-5-7-12(10)25-14(17)18/h4-7,11,14H,8-9H2,1-3H3,(H,19,22)(H,20,21)/t11-/m0/s1. The molecule has 2 N–H and O–H groups in total. The van der Waals surface area contributed by atoms with Crippen LogP contribution in [-0.2, 0) is 25.1 Å². The zero-order valence-electron chi connectivity index (χ0n) is 14.9. The Morgan fingerprint density at radius 3 is 2.33 bits per heavy atom. The number of aliphatic carboxylic acids is 1. The predicted molar refractivity (Wildman–Crippen MR) is 91.4 cm³/mol. The number of halogens is 2. The van der Waals surface area contributed by atoms with Gasteiger partial charge in [-0.3, -0.25) is 0 Å². The van der Waals surface area contributed by atoms with Gasteiger partial charge in [-0.2, -0.15) is 8.78 Å². The van der Waals surface area contributed by atoms with Gasteiger partial charge in [0.1, 0.15) is 17.4 Å². The highest BCUT2D eigenvalue weighted by atomic mass is 32.2. The Morgan fingerprint density at radius 1 is 1.22 bits per heavy atom. The van der Waals surface area contributed by atoms with E-state index in [9.17, 15) is 26.8 Å². The number of para-hydroxylation sites is 1. The number of rotatable bonds is 8. The fourth-order valence-electron chi connectivity index (χ4n) is 2.01. The maximum Gasteiger partial charge on any atom is 0.408 e. The molecule has 0 saturated carbocycles. The van der Waals surface area contributed by atoms with Crippen LogP contribution in [0, 0.1) is 0 Å². The first-order valence-electron chi connectivity index (χ1n) is 7.74. The molecular weight excluding hydrogens is 388 g/mol. The van der Waals surface area contributed by atoms with Crippen LogP contribution in [0.4, 0.5) is 13.6 Å². The molecule has 0 aliphatic heterocycles. The Hall–Kier alpha value is -2.43. The third-order valence-electron chi connectivity index (χ3n) is 2.97. The van der Waals surface area contributed by atoms with Gasteiger partial charge in [0.25, 0.3) is 0 Å². The summed E-state index contributed by atoms with van der Waals surface area (Å²) in [6, 6.07) is 3.49. The summed E-state index contributed by atoms with van der Waals surface area (Å²) in [6.45, 7) is 1.52. The Kier molecular flexibility index (Phi) is 7.52. The van der Waals surface area contributed by atoms with Gasteiger partial charge in [0.15, 0.2) is 9.84 Å². The molecule has 0 saturated heterocycles. The van der Waals surface area contributed by atoms with Crippen molar-refractivity contribution in [3.8, 4) is 5.75 Å². The maximum absolute atomic E-state index is 12.4. The minimum absolute atomic E-state index is 0.0563. The number of ether oxygens (including phenoxy) is 2. The number of hydrogen-bond donors (Lipinski definition) is 2. The van der Waals surface area contributed by atoms with E-state index < -0.39 is 51.7 Å². The van der Waals surface area contributed by atoms with E-state index in [-0.39, 0.29) is 11.3 Å². The van der Waals surface area contributed by atoms with Crippen LogP contribution in [-0.4, -0.2) is 49.6 Å². The van der Waals surface area contributed by atoms with Gasteiger partial charge >= 0.3 is 18.7 Å². The van der Waals surface area contributed by atoms with Crippen LogP contribution in [0.25, 0.3) is 0 Å². The number of benzene rings is 1. The van der Waals surface area contributed by atoms with Gasteiger partial charge in [0.05, 0.1) is 11.5 Å². The number of alkyl carbamates (subject to hydrolysis) is 1. The molecule has 11 heteroatoms. The van der Waals surface area contributed by atoms with E-state index in [1.165, 1.54) is 24.3 Å². The van der Waals surface area contributed by atoms with E-state index in [0.29, 0.717) is 0 Å². The van der Waals surface area contributed by atoms with Crippen molar-refractivity contribution in [3.63, 3.8) is 0 Å². The summed E-state index contributed by atoms with van der Waals surface area (Å²) in [7, 11) is -4.10. The Morgan fingerprint density at radius 2 is 1.81 bits per heavy atom. The van der Waals surface area contributed by atoms with E-state index in [0.717, 1.165) is 0 Å². The monoisotopic (exact) mass is 409 g/mol. The predicted octanol–water partition coefficient (Wildman–Crippen LogP) is 2.18. The minimum atomic E-state index is -4.10. The number of carbonyl (C=O) groups is 2. The molecule has 1 aromatic rings. The summed E-state index contributed by atoms with van der Waals surface area (Å²) < 4.78 is 58.6. The van der Waals surface area contributed by atoms with Crippen LogP contribution >= 0.6 is 0 Å². The van der Waals surface area contributed by atoms with Gasteiger partial charge in [0.2, 0.25) is 0 Å². The minimum Gasteiger partial charge on any atom is -0.480 e. The lowest BCUT2D eigenvalue weighted by molar-refractivity contribution is -0.138. The summed E-state index contributed by atoms with van der Waals surface area (Å²) >= 11 is 0. The summed E-state index contributed by atoms with van der Waals surface area (Å²) in [5, 5.41) is 11.1. The SMILES string of the molecule is CC(C)(C)OC(=O)N[C@@H](CS(=O)(=O)Cc1ccccc1OC(F)F)C(=O)O. The smallest absolute Gasteiger partial charge is 0.408 e. The summed E-state index contributed by atoms with van der Waals surface area (Å²) in [5.41, 5.74) is -0.961. The Bertz CT molecular complexity index is 775. The molecule has 0 aromatic heterocycles. The number of carboxylic acid groups (broad SMARTS) is 1. The molecule has 0 bridgehead atoms. The van der Waals surface area contributed by atoms with Crippen LogP contribution in [0.5, 0.6) is 5.75 Å². The first-order chi connectivity index (χ1) is 12.3. The molecule has 1 rings (SSSR count). The largest absolute Gasteiger partial charge is 0.480 e. The van der Waals surface area contributed by atoms with Gasteiger partial charge in [0, 0.05) is 5.56 Å². The van der Waals surface area contributed by atoms with Crippen molar-refractivity contribution in [1.82, 2.24) is 5.32 Å². The molecule has 8 nitrogen and oxygen atoms in total. The Balaban J connectivity index is 2.90. The highest BCUT2D eigenvalue weighted by molar-refractivity contribution is 7.90. The van der Waals surface area contributed by atoms with Crippen LogP contribution in [0.1, 0.15) is 26.3 Å². The lowest BCUT2D eigenvalue weighted by atomic mass is 10.2. The van der Waals surface area contributed by atoms with Gasteiger partial charge in [-0.25, -0.2) is 18.0 Å². The summed E-state index contributed by atoms with van der Waals surface area (Å²) in [6.07, 6.45) is -1.09. The first-order valence-corrected chi connectivity index (χ1v) is 9.56. The molecule has 0 heterocycles. The zero-order valence-corrected chi connectivity index (χ0v) is 15.8. The molecule has 1 aromatic carbocycles. The highest BCUT2D eigenvalue weighted by Crippen LogP contribution is 2.23. The summed E-state index contributed by atoms with van der Waals surface area (Å²) in [5.74, 6) is -3.61. The van der Waals surface area contributed by atoms with E-state index in [4.69, 9.17) is 9.84 Å². The van der Waals surface area contributed by atoms with Crippen LogP contribution in [0.15, 0.2) is 24.3 Å². The number of carbonyl (C=O) groups excluding carboxylic acids is 1. The van der Waals surface area contributed by atoms with Crippen molar-refractivity contribution in [3.05, 3.63) is 29.8 Å². The highest BCUT2D eigenvalue weighted by Gasteiger charge is 2.29. The quantitative estimate of drug-likeness (QED) is 0.675. The van der Waals surface area contributed by atoms with Crippen molar-refractivity contribution in [2.24, 2.45) is 0 Å². The van der Waals surface area contributed by atoms with Crippen molar-refractivity contribution in [2.75, 3.05) is 5.75 Å². The van der Waals surface area contributed by atoms with Crippen molar-refractivity contribution >= 4 is 21.9 Å². The lowest BCUT2D eigenvalue weighted by Gasteiger charge is -2.22. The van der Waals surface area contributed by atoms with Crippen molar-refractivity contribution in [2.45, 2.75) is 44.8 Å². The van der Waals surface area contributed by atoms with Crippen molar-refractivity contribution < 1.29 is 41.4 Å². The molecule has 0 unspecified atom stereocenters. The molecule has 0 spiro atoms. The number of amides is 1. The van der Waals surface area contributed by atoms with E-state index in [2.05, 4.69) is 4.74 Å². The van der Waals surface area contributed by atoms with Crippen LogP contribution < -0.4 is 10.1 Å². The molecule has 0 aliphatic rings. The molecular formula is C16H21F2NO7S. The average Bonchev–Trinajstić information content (AvgIpc) is 2.45. The van der Waals surface area contributed by atoms with Crippen molar-refractivity contribution in [1.29, 1.82) is 0 Å². The van der Waals surface area contributed by atoms with Gasteiger partial charge < -0.3 is 19.9 Å². The van der Waals surface area contributed by atoms with Gasteiger partial charge in [-0.15, -0.1) is 0 Å².